The van der Waals surface area contributed by atoms with Crippen LogP contribution in [-0.2, 0) is 9.53 Å². The summed E-state index contributed by atoms with van der Waals surface area (Å²) in [7, 11) is 0. The first-order valence-electron chi connectivity index (χ1n) is 6.60. The zero-order valence-electron chi connectivity index (χ0n) is 11.8. The third-order valence-electron chi connectivity index (χ3n) is 3.00. The Morgan fingerprint density at radius 1 is 1.20 bits per heavy atom. The van der Waals surface area contributed by atoms with Crippen molar-refractivity contribution in [3.8, 4) is 5.75 Å². The topological polar surface area (TPSA) is 61.5 Å². The van der Waals surface area contributed by atoms with Crippen molar-refractivity contribution in [3.63, 3.8) is 0 Å². The summed E-state index contributed by atoms with van der Waals surface area (Å²) in [4.78, 5) is 11.7. The summed E-state index contributed by atoms with van der Waals surface area (Å²) in [6.45, 7) is 3.73. The molecule has 0 spiro atoms. The van der Waals surface area contributed by atoms with Gasteiger partial charge in [-0.2, -0.15) is 0 Å². The van der Waals surface area contributed by atoms with E-state index in [1.165, 1.54) is 0 Å². The van der Waals surface area contributed by atoms with Crippen molar-refractivity contribution in [2.45, 2.75) is 19.4 Å². The summed E-state index contributed by atoms with van der Waals surface area (Å²) in [5.74, 6) is 0.227. The van der Waals surface area contributed by atoms with Crippen molar-refractivity contribution in [3.05, 3.63) is 42.5 Å². The van der Waals surface area contributed by atoms with E-state index in [2.05, 4.69) is 0 Å². The third-order valence-corrected chi connectivity index (χ3v) is 3.00. The van der Waals surface area contributed by atoms with E-state index in [-0.39, 0.29) is 6.61 Å². The Morgan fingerprint density at radius 2 is 1.90 bits per heavy atom. The second-order valence-corrected chi connectivity index (χ2v) is 4.94. The van der Waals surface area contributed by atoms with Gasteiger partial charge in [0.25, 0.3) is 0 Å². The highest BCUT2D eigenvalue weighted by Gasteiger charge is 2.31. The maximum Gasteiger partial charge on any atom is 0.329 e. The fourth-order valence-corrected chi connectivity index (χ4v) is 1.85. The van der Waals surface area contributed by atoms with Gasteiger partial charge in [0.15, 0.2) is 0 Å². The van der Waals surface area contributed by atoms with Crippen molar-refractivity contribution in [1.82, 2.24) is 0 Å². The summed E-state index contributed by atoms with van der Waals surface area (Å²) >= 11 is 0. The highest BCUT2D eigenvalue weighted by Crippen LogP contribution is 2.21. The van der Waals surface area contributed by atoms with Crippen LogP contribution in [0.25, 0.3) is 10.8 Å². The molecule has 0 bridgehead atoms. The average molecular weight is 273 g/mol. The van der Waals surface area contributed by atoms with Crippen LogP contribution in [-0.4, -0.2) is 24.7 Å². The zero-order chi connectivity index (χ0) is 14.6. The number of hydrogen-bond donors (Lipinski definition) is 1. The number of esters is 1. The van der Waals surface area contributed by atoms with Gasteiger partial charge in [-0.15, -0.1) is 0 Å². The Morgan fingerprint density at radius 3 is 2.60 bits per heavy atom. The Kier molecular flexibility index (Phi) is 4.25. The first-order chi connectivity index (χ1) is 9.53. The summed E-state index contributed by atoms with van der Waals surface area (Å²) in [6.07, 6.45) is 0. The van der Waals surface area contributed by atoms with E-state index in [9.17, 15) is 4.79 Å². The monoisotopic (exact) mass is 273 g/mol. The van der Waals surface area contributed by atoms with Crippen molar-refractivity contribution < 1.29 is 14.3 Å². The Labute approximate surface area is 118 Å². The first-order valence-corrected chi connectivity index (χ1v) is 6.60. The maximum absolute atomic E-state index is 11.7. The first kappa shape index (κ1) is 14.3. The molecule has 2 aromatic rings. The van der Waals surface area contributed by atoms with Crippen LogP contribution in [0.3, 0.4) is 0 Å². The van der Waals surface area contributed by atoms with Crippen molar-refractivity contribution in [1.29, 1.82) is 0 Å². The molecule has 1 atom stereocenters. The van der Waals surface area contributed by atoms with Gasteiger partial charge in [-0.05, 0) is 36.8 Å². The number of carbonyl (C=O) groups excluding carboxylic acids is 1. The molecule has 0 saturated carbocycles. The molecule has 2 rings (SSSR count). The van der Waals surface area contributed by atoms with E-state index < -0.39 is 11.5 Å². The Balaban J connectivity index is 2.07. The van der Waals surface area contributed by atoms with Gasteiger partial charge in [0.1, 0.15) is 17.9 Å². The summed E-state index contributed by atoms with van der Waals surface area (Å²) in [5.41, 5.74) is 4.76. The Hall–Kier alpha value is -2.07. The van der Waals surface area contributed by atoms with Gasteiger partial charge in [0, 0.05) is 0 Å². The number of ether oxygens (including phenoxy) is 2. The molecular weight excluding hydrogens is 254 g/mol. The van der Waals surface area contributed by atoms with Gasteiger partial charge in [0.05, 0.1) is 6.61 Å². The molecule has 0 aliphatic carbocycles. The maximum atomic E-state index is 11.7. The number of fused-ring (bicyclic) bond motifs is 1. The van der Waals surface area contributed by atoms with Crippen LogP contribution in [0.1, 0.15) is 13.8 Å². The predicted molar refractivity (Wildman–Crippen MR) is 78.7 cm³/mol. The minimum absolute atomic E-state index is 0.0736. The highest BCUT2D eigenvalue weighted by molar-refractivity contribution is 5.84. The zero-order valence-corrected chi connectivity index (χ0v) is 11.8. The number of benzene rings is 2. The molecule has 2 N–H and O–H groups in total. The molecule has 0 radical (unpaired) electrons. The van der Waals surface area contributed by atoms with Gasteiger partial charge in [-0.25, -0.2) is 4.79 Å². The molecule has 2 aromatic carbocycles. The standard InChI is InChI=1S/C16H19NO3/c1-3-19-15(18)16(2,17)11-20-14-9-8-12-6-4-5-7-13(12)10-14/h4-10H,3,11,17H2,1-2H3. The van der Waals surface area contributed by atoms with Gasteiger partial charge in [0.2, 0.25) is 0 Å². The summed E-state index contributed by atoms with van der Waals surface area (Å²) < 4.78 is 10.5. The van der Waals surface area contributed by atoms with Gasteiger partial charge in [-0.3, -0.25) is 0 Å². The molecule has 0 saturated heterocycles. The van der Waals surface area contributed by atoms with Crippen molar-refractivity contribution in [2.75, 3.05) is 13.2 Å². The van der Waals surface area contributed by atoms with E-state index in [1.54, 1.807) is 13.8 Å². The predicted octanol–water partition coefficient (Wildman–Crippen LogP) is 2.50. The van der Waals surface area contributed by atoms with Crippen LogP contribution in [0.2, 0.25) is 0 Å². The minimum atomic E-state index is -1.15. The number of nitrogens with two attached hydrogens (primary N) is 1. The van der Waals surface area contributed by atoms with Gasteiger partial charge >= 0.3 is 5.97 Å². The molecular formula is C16H19NO3. The van der Waals surface area contributed by atoms with Crippen molar-refractivity contribution in [2.24, 2.45) is 5.73 Å². The SMILES string of the molecule is CCOC(=O)C(C)(N)COc1ccc2ccccc2c1. The smallest absolute Gasteiger partial charge is 0.329 e. The molecule has 0 aliphatic heterocycles. The molecule has 0 fully saturated rings. The van der Waals surface area contributed by atoms with Crippen LogP contribution in [0.15, 0.2) is 42.5 Å². The molecule has 0 amide bonds. The summed E-state index contributed by atoms with van der Waals surface area (Å²) in [5, 5.41) is 2.22. The molecule has 0 aliphatic rings. The minimum Gasteiger partial charge on any atom is -0.491 e. The lowest BCUT2D eigenvalue weighted by Crippen LogP contribution is -2.51. The van der Waals surface area contributed by atoms with Crippen LogP contribution >= 0.6 is 0 Å². The normalized spacial score (nSPS) is 13.8. The molecule has 4 heteroatoms. The van der Waals surface area contributed by atoms with Gasteiger partial charge in [-0.1, -0.05) is 30.3 Å². The lowest BCUT2D eigenvalue weighted by molar-refractivity contribution is -0.150. The molecule has 4 nitrogen and oxygen atoms in total. The average Bonchev–Trinajstić information content (AvgIpc) is 2.45. The quantitative estimate of drug-likeness (QED) is 0.850. The van der Waals surface area contributed by atoms with E-state index >= 15 is 0 Å². The fourth-order valence-electron chi connectivity index (χ4n) is 1.85. The summed E-state index contributed by atoms with van der Waals surface area (Å²) in [6, 6.07) is 13.8. The highest BCUT2D eigenvalue weighted by atomic mass is 16.5. The van der Waals surface area contributed by atoms with Gasteiger partial charge < -0.3 is 15.2 Å². The van der Waals surface area contributed by atoms with Crippen molar-refractivity contribution >= 4 is 16.7 Å². The molecule has 106 valence electrons. The number of rotatable bonds is 5. The van der Waals surface area contributed by atoms with Crippen LogP contribution in [0.4, 0.5) is 0 Å². The van der Waals surface area contributed by atoms with Crippen LogP contribution in [0.5, 0.6) is 5.75 Å². The van der Waals surface area contributed by atoms with E-state index in [0.29, 0.717) is 12.4 Å². The van der Waals surface area contributed by atoms with E-state index in [4.69, 9.17) is 15.2 Å². The second-order valence-electron chi connectivity index (χ2n) is 4.94. The lowest BCUT2D eigenvalue weighted by Gasteiger charge is -2.22. The molecule has 1 unspecified atom stereocenters. The molecule has 0 heterocycles. The fraction of sp³-hybridized carbons (Fsp3) is 0.312. The number of hydrogen-bond acceptors (Lipinski definition) is 4. The largest absolute Gasteiger partial charge is 0.491 e. The number of carbonyl (C=O) groups is 1. The molecule has 0 aromatic heterocycles. The van der Waals surface area contributed by atoms with Crippen LogP contribution < -0.4 is 10.5 Å². The van der Waals surface area contributed by atoms with E-state index in [0.717, 1.165) is 10.8 Å². The molecule has 20 heavy (non-hydrogen) atoms. The second kappa shape index (κ2) is 5.92. The Bertz CT molecular complexity index is 607. The van der Waals surface area contributed by atoms with Crippen LogP contribution in [0, 0.1) is 0 Å². The van der Waals surface area contributed by atoms with E-state index in [1.807, 2.05) is 42.5 Å². The third kappa shape index (κ3) is 3.27. The lowest BCUT2D eigenvalue weighted by atomic mass is 10.1.